The Labute approximate surface area is 213 Å². The average molecular weight is 565 g/mol. The van der Waals surface area contributed by atoms with Crippen LogP contribution >= 0.6 is 11.3 Å². The predicted octanol–water partition coefficient (Wildman–Crippen LogP) is 1.15. The van der Waals surface area contributed by atoms with Crippen molar-refractivity contribution < 1.29 is 41.6 Å². The van der Waals surface area contributed by atoms with Gasteiger partial charge in [-0.2, -0.15) is 4.31 Å². The summed E-state index contributed by atoms with van der Waals surface area (Å²) in [7, 11) is -6.73. The lowest BCUT2D eigenvalue weighted by atomic mass is 10.0. The summed E-state index contributed by atoms with van der Waals surface area (Å²) in [5.74, 6) is -0.477. The number of likely N-dealkylation sites (N-methyl/N-ethyl adjacent to an activating group) is 1. The van der Waals surface area contributed by atoms with Gasteiger partial charge in [0.2, 0.25) is 10.0 Å². The molecule has 1 aromatic carbocycles. The molecule has 0 saturated heterocycles. The molecule has 1 atom stereocenters. The third kappa shape index (κ3) is 6.10. The van der Waals surface area contributed by atoms with Crippen LogP contribution in [0, 0.1) is 0 Å². The zero-order chi connectivity index (χ0) is 26.7. The molecule has 0 spiro atoms. The Kier molecular flexibility index (Phi) is 9.20. The number of nitrogens with two attached hydrogens (primary N) is 1. The number of nitrogens with zero attached hydrogens (tertiary/aromatic N) is 3. The molecule has 1 aliphatic heterocycles. The van der Waals surface area contributed by atoms with Crippen molar-refractivity contribution in [1.82, 2.24) is 14.6 Å². The average Bonchev–Trinajstić information content (AvgIpc) is 3.28. The van der Waals surface area contributed by atoms with Crippen LogP contribution in [-0.2, 0) is 36.2 Å². The fraction of sp³-hybridized carbons (Fsp3) is 0.450. The van der Waals surface area contributed by atoms with Crippen LogP contribution in [0.2, 0.25) is 0 Å². The lowest BCUT2D eigenvalue weighted by Crippen LogP contribution is -2.47. The zero-order valence-corrected chi connectivity index (χ0v) is 22.1. The molecule has 1 aromatic heterocycles. The molecule has 0 saturated carbocycles. The molecule has 200 valence electrons. The van der Waals surface area contributed by atoms with E-state index in [4.69, 9.17) is 20.3 Å². The molecule has 0 radical (unpaired) electrons. The molecule has 2 aromatic rings. The molecular formula is C20H28N4O9S3. The summed E-state index contributed by atoms with van der Waals surface area (Å²) < 4.78 is 56.5. The summed E-state index contributed by atoms with van der Waals surface area (Å²) in [6.45, 7) is 1.87. The van der Waals surface area contributed by atoms with Crippen molar-refractivity contribution in [2.24, 2.45) is 5.14 Å². The van der Waals surface area contributed by atoms with E-state index in [9.17, 15) is 21.6 Å². The van der Waals surface area contributed by atoms with Crippen LogP contribution in [-0.4, -0.2) is 81.1 Å². The SMILES string of the molecule is CCN(C(=O)c1ccccc1CON(O)O)[C@H]1CN(CCCOC)S(=O)(=O)c2sc(S(N)(=O)=O)cc21. The van der Waals surface area contributed by atoms with Crippen LogP contribution in [0.15, 0.2) is 38.8 Å². The van der Waals surface area contributed by atoms with E-state index in [2.05, 4.69) is 4.84 Å². The molecule has 1 aliphatic rings. The number of primary sulfonamides is 1. The third-order valence-corrected chi connectivity index (χ3v) is 10.6. The van der Waals surface area contributed by atoms with Crippen molar-refractivity contribution in [2.45, 2.75) is 34.4 Å². The van der Waals surface area contributed by atoms with Crippen LogP contribution in [0.5, 0.6) is 0 Å². The number of hydrogen-bond acceptors (Lipinski definition) is 11. The minimum Gasteiger partial charge on any atom is -0.385 e. The van der Waals surface area contributed by atoms with Crippen LogP contribution in [0.3, 0.4) is 0 Å². The first kappa shape index (κ1) is 28.6. The van der Waals surface area contributed by atoms with Gasteiger partial charge in [-0.1, -0.05) is 18.2 Å². The highest BCUT2D eigenvalue weighted by Gasteiger charge is 2.43. The number of sulfonamides is 2. The van der Waals surface area contributed by atoms with Crippen molar-refractivity contribution >= 4 is 37.3 Å². The summed E-state index contributed by atoms with van der Waals surface area (Å²) >= 11 is 0.553. The molecule has 36 heavy (non-hydrogen) atoms. The maximum absolute atomic E-state index is 13.7. The van der Waals surface area contributed by atoms with Gasteiger partial charge in [-0.05, 0) is 31.0 Å². The zero-order valence-electron chi connectivity index (χ0n) is 19.6. The van der Waals surface area contributed by atoms with Gasteiger partial charge in [0, 0.05) is 44.5 Å². The quantitative estimate of drug-likeness (QED) is 0.265. The van der Waals surface area contributed by atoms with E-state index < -0.39 is 37.4 Å². The van der Waals surface area contributed by atoms with E-state index in [1.54, 1.807) is 25.1 Å². The van der Waals surface area contributed by atoms with E-state index >= 15 is 0 Å². The summed E-state index contributed by atoms with van der Waals surface area (Å²) in [5.41, 5.74) is 0.724. The lowest BCUT2D eigenvalue weighted by molar-refractivity contribution is -0.497. The number of hydrogen-bond donors (Lipinski definition) is 3. The Morgan fingerprint density at radius 2 is 2.00 bits per heavy atom. The van der Waals surface area contributed by atoms with Gasteiger partial charge in [0.1, 0.15) is 8.42 Å². The number of amides is 1. The molecule has 0 bridgehead atoms. The van der Waals surface area contributed by atoms with Gasteiger partial charge in [-0.15, -0.1) is 11.3 Å². The molecule has 0 unspecified atom stereocenters. The second-order valence-corrected chi connectivity index (χ2v) is 12.8. The molecular weight excluding hydrogens is 536 g/mol. The maximum Gasteiger partial charge on any atom is 0.254 e. The van der Waals surface area contributed by atoms with Crippen molar-refractivity contribution in [3.63, 3.8) is 0 Å². The molecule has 13 nitrogen and oxygen atoms in total. The smallest absolute Gasteiger partial charge is 0.254 e. The van der Waals surface area contributed by atoms with Gasteiger partial charge in [-0.3, -0.25) is 15.2 Å². The van der Waals surface area contributed by atoms with E-state index in [-0.39, 0.29) is 45.8 Å². The second kappa shape index (κ2) is 11.6. The van der Waals surface area contributed by atoms with E-state index in [0.29, 0.717) is 29.9 Å². The number of benzene rings is 1. The minimum atomic E-state index is -4.19. The third-order valence-electron chi connectivity index (χ3n) is 5.61. The first-order chi connectivity index (χ1) is 16.9. The number of carbonyl (C=O) groups excluding carboxylic acids is 1. The van der Waals surface area contributed by atoms with Crippen LogP contribution in [0.1, 0.15) is 40.9 Å². The number of ether oxygens (including phenoxy) is 1. The van der Waals surface area contributed by atoms with E-state index in [0.717, 1.165) is 0 Å². The largest absolute Gasteiger partial charge is 0.385 e. The molecule has 3 rings (SSSR count). The summed E-state index contributed by atoms with van der Waals surface area (Å²) in [6, 6.07) is 6.77. The van der Waals surface area contributed by atoms with Gasteiger partial charge < -0.3 is 9.64 Å². The van der Waals surface area contributed by atoms with Crippen molar-refractivity contribution in [1.29, 1.82) is 0 Å². The minimum absolute atomic E-state index is 0.0981. The number of rotatable bonds is 11. The Morgan fingerprint density at radius 1 is 1.31 bits per heavy atom. The molecule has 0 fully saturated rings. The predicted molar refractivity (Wildman–Crippen MR) is 127 cm³/mol. The van der Waals surface area contributed by atoms with Gasteiger partial charge in [0.15, 0.2) is 0 Å². The molecule has 1 amide bonds. The summed E-state index contributed by atoms with van der Waals surface area (Å²) in [6.07, 6.45) is 0.393. The standard InChI is InChI=1S/C20H28N4O9S3/c1-3-23(19(25)15-8-5-4-7-14(15)13-33-24(26)27)17-12-22(9-6-10-32-2)36(30,31)20-16(17)11-18(34-20)35(21,28)29/h4-5,7-8,11,17,26-27H,3,6,9-10,12-13H2,1-2H3,(H2,21,28,29)/t17-/m0/s1. The number of fused-ring (bicyclic) bond motifs is 1. The lowest BCUT2D eigenvalue weighted by Gasteiger charge is -2.38. The highest BCUT2D eigenvalue weighted by atomic mass is 32.3. The highest BCUT2D eigenvalue weighted by molar-refractivity contribution is 7.94. The number of carbonyl (C=O) groups is 1. The number of methoxy groups -OCH3 is 1. The topological polar surface area (TPSA) is 180 Å². The Balaban J connectivity index is 2.08. The van der Waals surface area contributed by atoms with Crippen molar-refractivity contribution in [3.8, 4) is 0 Å². The summed E-state index contributed by atoms with van der Waals surface area (Å²) in [5, 5.41) is 22.6. The molecule has 0 aliphatic carbocycles. The summed E-state index contributed by atoms with van der Waals surface area (Å²) in [4.78, 5) is 19.8. The Morgan fingerprint density at radius 3 is 2.61 bits per heavy atom. The molecule has 4 N–H and O–H groups in total. The Hall–Kier alpha value is -1.99. The first-order valence-corrected chi connectivity index (χ1v) is 14.6. The van der Waals surface area contributed by atoms with E-state index in [1.165, 1.54) is 28.4 Å². The van der Waals surface area contributed by atoms with Gasteiger partial charge >= 0.3 is 0 Å². The van der Waals surface area contributed by atoms with E-state index in [1.807, 2.05) is 0 Å². The van der Waals surface area contributed by atoms with Crippen LogP contribution < -0.4 is 5.14 Å². The second-order valence-electron chi connectivity index (χ2n) is 7.85. The van der Waals surface area contributed by atoms with Crippen LogP contribution in [0.25, 0.3) is 0 Å². The van der Waals surface area contributed by atoms with Gasteiger partial charge in [0.25, 0.3) is 15.9 Å². The highest BCUT2D eigenvalue weighted by Crippen LogP contribution is 2.42. The first-order valence-electron chi connectivity index (χ1n) is 10.8. The van der Waals surface area contributed by atoms with Crippen LogP contribution in [0.4, 0.5) is 0 Å². The molecule has 16 heteroatoms. The monoisotopic (exact) mass is 564 g/mol. The van der Waals surface area contributed by atoms with Crippen molar-refractivity contribution in [3.05, 3.63) is 47.0 Å². The normalized spacial score (nSPS) is 17.8. The number of thiophene rings is 1. The fourth-order valence-electron chi connectivity index (χ4n) is 3.95. The van der Waals surface area contributed by atoms with Crippen molar-refractivity contribution in [2.75, 3.05) is 33.4 Å². The maximum atomic E-state index is 13.7. The Bertz CT molecular complexity index is 1300. The van der Waals surface area contributed by atoms with Gasteiger partial charge in [-0.25, -0.2) is 26.8 Å². The fourth-order valence-corrected chi connectivity index (χ4v) is 8.24. The molecule has 2 heterocycles. The van der Waals surface area contributed by atoms with Gasteiger partial charge in [0.05, 0.1) is 18.0 Å².